The molecule has 0 amide bonds. The summed E-state index contributed by atoms with van der Waals surface area (Å²) in [6, 6.07) is 4.87. The van der Waals surface area contributed by atoms with Crippen molar-refractivity contribution in [2.45, 2.75) is 52.1 Å². The summed E-state index contributed by atoms with van der Waals surface area (Å²) in [5.74, 6) is 5.72. The van der Waals surface area contributed by atoms with Gasteiger partial charge in [0.15, 0.2) is 0 Å². The van der Waals surface area contributed by atoms with Crippen LogP contribution in [0.2, 0.25) is 0 Å². The van der Waals surface area contributed by atoms with Crippen LogP contribution in [0, 0.1) is 6.92 Å². The van der Waals surface area contributed by atoms with E-state index in [1.165, 1.54) is 10.4 Å². The number of hydrazine groups is 1. The number of nitrogens with zero attached hydrogens (tertiary/aromatic N) is 2. The summed E-state index contributed by atoms with van der Waals surface area (Å²) in [6.07, 6.45) is 5.13. The van der Waals surface area contributed by atoms with Gasteiger partial charge in [-0.1, -0.05) is 13.8 Å². The predicted molar refractivity (Wildman–Crippen MR) is 84.7 cm³/mol. The van der Waals surface area contributed by atoms with Crippen LogP contribution >= 0.6 is 11.3 Å². The van der Waals surface area contributed by atoms with Gasteiger partial charge in [0.1, 0.15) is 0 Å². The third kappa shape index (κ3) is 3.29. The highest BCUT2D eigenvalue weighted by molar-refractivity contribution is 7.10. The lowest BCUT2D eigenvalue weighted by Gasteiger charge is -2.15. The first-order valence-corrected chi connectivity index (χ1v) is 8.11. The Morgan fingerprint density at radius 3 is 2.65 bits per heavy atom. The summed E-state index contributed by atoms with van der Waals surface area (Å²) < 4.78 is 2.09. The monoisotopic (exact) mass is 292 g/mol. The van der Waals surface area contributed by atoms with Gasteiger partial charge in [0.2, 0.25) is 0 Å². The molecule has 2 aromatic rings. The highest BCUT2D eigenvalue weighted by Gasteiger charge is 2.16. The molecule has 0 fully saturated rings. The smallest absolute Gasteiger partial charge is 0.0644 e. The van der Waals surface area contributed by atoms with Crippen molar-refractivity contribution in [1.82, 2.24) is 15.2 Å². The van der Waals surface area contributed by atoms with Crippen molar-refractivity contribution in [3.63, 3.8) is 0 Å². The average molecular weight is 292 g/mol. The molecular weight excluding hydrogens is 268 g/mol. The van der Waals surface area contributed by atoms with Crippen LogP contribution in [0.4, 0.5) is 0 Å². The highest BCUT2D eigenvalue weighted by Crippen LogP contribution is 2.26. The predicted octanol–water partition coefficient (Wildman–Crippen LogP) is 3.36. The summed E-state index contributed by atoms with van der Waals surface area (Å²) in [7, 11) is 0. The average Bonchev–Trinajstić information content (AvgIpc) is 3.07. The zero-order chi connectivity index (χ0) is 14.5. The second kappa shape index (κ2) is 7.02. The molecule has 1 atom stereocenters. The lowest BCUT2D eigenvalue weighted by atomic mass is 10.1. The molecule has 2 heterocycles. The number of nitrogens with two attached hydrogens (primary N) is 1. The van der Waals surface area contributed by atoms with E-state index in [1.807, 2.05) is 0 Å². The minimum atomic E-state index is 0.139. The summed E-state index contributed by atoms with van der Waals surface area (Å²) in [4.78, 5) is 1.30. The minimum absolute atomic E-state index is 0.139. The molecule has 110 valence electrons. The molecule has 2 aromatic heterocycles. The molecule has 0 radical (unpaired) electrons. The Labute approximate surface area is 125 Å². The second-order valence-electron chi connectivity index (χ2n) is 5.15. The summed E-state index contributed by atoms with van der Waals surface area (Å²) >= 11 is 1.75. The van der Waals surface area contributed by atoms with E-state index in [1.54, 1.807) is 11.3 Å². The molecular formula is C15H24N4S. The summed E-state index contributed by atoms with van der Waals surface area (Å²) in [5.41, 5.74) is 5.30. The van der Waals surface area contributed by atoms with Crippen LogP contribution in [-0.4, -0.2) is 9.78 Å². The lowest BCUT2D eigenvalue weighted by Crippen LogP contribution is -2.29. The van der Waals surface area contributed by atoms with Crippen molar-refractivity contribution in [3.05, 3.63) is 39.8 Å². The van der Waals surface area contributed by atoms with Gasteiger partial charge in [-0.05, 0) is 42.8 Å². The molecule has 4 nitrogen and oxygen atoms in total. The van der Waals surface area contributed by atoms with Crippen LogP contribution in [0.25, 0.3) is 0 Å². The van der Waals surface area contributed by atoms with Gasteiger partial charge in [0.05, 0.1) is 17.8 Å². The summed E-state index contributed by atoms with van der Waals surface area (Å²) in [5, 5.41) is 6.81. The third-order valence-electron chi connectivity index (χ3n) is 3.81. The molecule has 0 spiro atoms. The molecule has 0 aromatic carbocycles. The van der Waals surface area contributed by atoms with E-state index in [-0.39, 0.29) is 6.04 Å². The fourth-order valence-corrected chi connectivity index (χ4v) is 3.52. The largest absolute Gasteiger partial charge is 0.271 e. The highest BCUT2D eigenvalue weighted by atomic mass is 32.1. The van der Waals surface area contributed by atoms with Crippen molar-refractivity contribution < 1.29 is 0 Å². The van der Waals surface area contributed by atoms with Crippen LogP contribution in [0.15, 0.2) is 23.7 Å². The normalized spacial score (nSPS) is 13.1. The van der Waals surface area contributed by atoms with Crippen molar-refractivity contribution in [1.29, 1.82) is 0 Å². The molecule has 0 saturated carbocycles. The maximum atomic E-state index is 5.72. The van der Waals surface area contributed by atoms with E-state index in [9.17, 15) is 0 Å². The van der Waals surface area contributed by atoms with E-state index in [4.69, 9.17) is 10.9 Å². The quantitative estimate of drug-likeness (QED) is 0.608. The van der Waals surface area contributed by atoms with Crippen molar-refractivity contribution in [2.75, 3.05) is 0 Å². The van der Waals surface area contributed by atoms with E-state index in [2.05, 4.69) is 54.6 Å². The number of aromatic nitrogens is 2. The van der Waals surface area contributed by atoms with Gasteiger partial charge in [0, 0.05) is 17.5 Å². The number of hydrogen-bond acceptors (Lipinski definition) is 4. The third-order valence-corrected chi connectivity index (χ3v) is 4.95. The molecule has 5 heteroatoms. The second-order valence-corrected chi connectivity index (χ2v) is 6.10. The number of rotatable bonds is 7. The molecule has 3 N–H and O–H groups in total. The molecule has 2 rings (SSSR count). The van der Waals surface area contributed by atoms with Gasteiger partial charge in [-0.3, -0.25) is 16.0 Å². The van der Waals surface area contributed by atoms with Gasteiger partial charge < -0.3 is 0 Å². The Hall–Kier alpha value is -1.17. The molecule has 1 unspecified atom stereocenters. The van der Waals surface area contributed by atoms with Gasteiger partial charge in [-0.25, -0.2) is 0 Å². The molecule has 0 saturated heterocycles. The van der Waals surface area contributed by atoms with Gasteiger partial charge >= 0.3 is 0 Å². The fourth-order valence-electron chi connectivity index (χ4n) is 2.53. The number of thiophene rings is 1. The van der Waals surface area contributed by atoms with E-state index < -0.39 is 0 Å². The first-order valence-electron chi connectivity index (χ1n) is 7.23. The fraction of sp³-hybridized carbons (Fsp3) is 0.533. The molecule has 0 aliphatic carbocycles. The number of hydrogen-bond donors (Lipinski definition) is 2. The van der Waals surface area contributed by atoms with E-state index >= 15 is 0 Å². The summed E-state index contributed by atoms with van der Waals surface area (Å²) in [6.45, 7) is 6.53. The van der Waals surface area contributed by atoms with Crippen molar-refractivity contribution in [2.24, 2.45) is 5.84 Å². The SMILES string of the molecule is CCC(CC)n1ccc(CC(NN)c2sccc2C)n1. The van der Waals surface area contributed by atoms with E-state index in [0.29, 0.717) is 6.04 Å². The van der Waals surface area contributed by atoms with Crippen LogP contribution in [0.3, 0.4) is 0 Å². The Balaban J connectivity index is 2.11. The first-order chi connectivity index (χ1) is 9.69. The van der Waals surface area contributed by atoms with Crippen LogP contribution < -0.4 is 11.3 Å². The van der Waals surface area contributed by atoms with Crippen molar-refractivity contribution >= 4 is 11.3 Å². The Morgan fingerprint density at radius 1 is 1.35 bits per heavy atom. The van der Waals surface area contributed by atoms with Gasteiger partial charge in [-0.15, -0.1) is 11.3 Å². The maximum Gasteiger partial charge on any atom is 0.0644 e. The Bertz CT molecular complexity index is 527. The molecule has 0 aliphatic heterocycles. The van der Waals surface area contributed by atoms with Crippen LogP contribution in [-0.2, 0) is 6.42 Å². The van der Waals surface area contributed by atoms with Gasteiger partial charge in [-0.2, -0.15) is 5.10 Å². The van der Waals surface area contributed by atoms with Crippen molar-refractivity contribution in [3.8, 4) is 0 Å². The number of aryl methyl sites for hydroxylation is 1. The van der Waals surface area contributed by atoms with Gasteiger partial charge in [0.25, 0.3) is 0 Å². The Kier molecular flexibility index (Phi) is 5.34. The molecule has 0 aliphatic rings. The minimum Gasteiger partial charge on any atom is -0.271 e. The first kappa shape index (κ1) is 15.2. The Morgan fingerprint density at radius 2 is 2.10 bits per heavy atom. The molecule has 0 bridgehead atoms. The van der Waals surface area contributed by atoms with E-state index in [0.717, 1.165) is 25.0 Å². The maximum absolute atomic E-state index is 5.72. The standard InChI is InChI=1S/C15H24N4S/c1-4-13(5-2)19-8-6-12(18-19)10-14(17-16)15-11(3)7-9-20-15/h6-9,13-14,17H,4-5,10,16H2,1-3H3. The topological polar surface area (TPSA) is 55.9 Å². The zero-order valence-electron chi connectivity index (χ0n) is 12.5. The molecule has 20 heavy (non-hydrogen) atoms. The van der Waals surface area contributed by atoms with Crippen LogP contribution in [0.1, 0.15) is 54.9 Å². The number of nitrogens with one attached hydrogen (secondary N) is 1. The lowest BCUT2D eigenvalue weighted by molar-refractivity contribution is 0.422. The van der Waals surface area contributed by atoms with Crippen LogP contribution in [0.5, 0.6) is 0 Å². The zero-order valence-corrected chi connectivity index (χ0v) is 13.3.